The smallest absolute Gasteiger partial charge is 0.303 e. The predicted molar refractivity (Wildman–Crippen MR) is 116 cm³/mol. The van der Waals surface area contributed by atoms with Gasteiger partial charge in [0, 0.05) is 13.8 Å². The maximum absolute atomic E-state index is 10.7. The average Bonchev–Trinajstić information content (AvgIpc) is 2.68. The molecular formula is C24H40O7. The zero-order valence-corrected chi connectivity index (χ0v) is 19.6. The summed E-state index contributed by atoms with van der Waals surface area (Å²) >= 11 is 0. The molecule has 3 aliphatic rings. The van der Waals surface area contributed by atoms with Crippen LogP contribution in [0.1, 0.15) is 79.6 Å². The van der Waals surface area contributed by atoms with Crippen molar-refractivity contribution in [3.05, 3.63) is 11.6 Å². The van der Waals surface area contributed by atoms with Crippen LogP contribution in [0.4, 0.5) is 0 Å². The van der Waals surface area contributed by atoms with Crippen molar-refractivity contribution in [2.45, 2.75) is 104 Å². The summed E-state index contributed by atoms with van der Waals surface area (Å²) in [6.45, 7) is 8.92. The lowest BCUT2D eigenvalue weighted by Gasteiger charge is -2.43. The second kappa shape index (κ2) is 11.4. The fourth-order valence-corrected chi connectivity index (χ4v) is 4.96. The van der Waals surface area contributed by atoms with Crippen molar-refractivity contribution < 1.29 is 34.0 Å². The summed E-state index contributed by atoms with van der Waals surface area (Å²) < 4.78 is 14.8. The summed E-state index contributed by atoms with van der Waals surface area (Å²) in [5, 5.41) is 19.6. The fraction of sp³-hybridized carbons (Fsp3) is 0.833. The molecule has 1 aliphatic heterocycles. The molecule has 2 fully saturated rings. The van der Waals surface area contributed by atoms with E-state index in [4.69, 9.17) is 14.2 Å². The van der Waals surface area contributed by atoms with Gasteiger partial charge in [-0.1, -0.05) is 11.6 Å². The Bertz CT molecular complexity index is 636. The van der Waals surface area contributed by atoms with Crippen molar-refractivity contribution in [2.24, 2.45) is 17.8 Å². The molecule has 7 nitrogen and oxygen atoms in total. The second-order valence-corrected chi connectivity index (χ2v) is 9.73. The standard InChI is InChI=1S/C14H24O.C10H16O6/c1-10-5-4-6-11-7-8-12(9-13(10)11)14(2,3)15;1-6(11)14-5-8-3-4-9(10(13)16-8)15-7(2)12/h5,11-13,15H,4,6-9H2,1-3H3;8-10,13H,3-5H2,1-2H3. The zero-order valence-electron chi connectivity index (χ0n) is 19.6. The predicted octanol–water partition coefficient (Wildman–Crippen LogP) is 3.51. The van der Waals surface area contributed by atoms with E-state index in [1.54, 1.807) is 5.57 Å². The van der Waals surface area contributed by atoms with Crippen LogP contribution in [0.2, 0.25) is 0 Å². The third-order valence-corrected chi connectivity index (χ3v) is 6.79. The molecule has 0 amide bonds. The van der Waals surface area contributed by atoms with Crippen LogP contribution in [-0.2, 0) is 23.8 Å². The number of aliphatic hydroxyl groups excluding tert-OH is 1. The molecule has 1 saturated heterocycles. The van der Waals surface area contributed by atoms with Gasteiger partial charge >= 0.3 is 11.9 Å². The minimum absolute atomic E-state index is 0.110. The molecule has 0 aromatic rings. The lowest BCUT2D eigenvalue weighted by Crippen LogP contribution is -2.42. The van der Waals surface area contributed by atoms with Crippen LogP contribution in [0.25, 0.3) is 0 Å². The normalized spacial score (nSPS) is 33.2. The number of hydrogen-bond donors (Lipinski definition) is 2. The summed E-state index contributed by atoms with van der Waals surface area (Å²) in [5.74, 6) is 1.34. The molecule has 6 unspecified atom stereocenters. The van der Waals surface area contributed by atoms with Crippen molar-refractivity contribution in [1.82, 2.24) is 0 Å². The van der Waals surface area contributed by atoms with Crippen molar-refractivity contribution in [2.75, 3.05) is 6.61 Å². The molecule has 1 saturated carbocycles. The number of carbonyl (C=O) groups excluding carboxylic acids is 2. The summed E-state index contributed by atoms with van der Waals surface area (Å²) in [6, 6.07) is 0. The van der Waals surface area contributed by atoms with Crippen LogP contribution < -0.4 is 0 Å². The SMILES string of the molecule is CC(=O)OCC1CCC(OC(C)=O)C(O)O1.CC1=CCCC2CCC(C(C)(C)O)CC12. The van der Waals surface area contributed by atoms with Gasteiger partial charge in [-0.2, -0.15) is 0 Å². The Balaban J connectivity index is 0.000000220. The number of hydrogen-bond acceptors (Lipinski definition) is 7. The molecule has 7 heteroatoms. The Kier molecular flexibility index (Phi) is 9.52. The number of carbonyl (C=O) groups is 2. The first-order valence-electron chi connectivity index (χ1n) is 11.5. The number of aliphatic hydroxyl groups is 2. The van der Waals surface area contributed by atoms with Gasteiger partial charge in [-0.3, -0.25) is 9.59 Å². The Morgan fingerprint density at radius 1 is 1.13 bits per heavy atom. The molecular weight excluding hydrogens is 400 g/mol. The minimum atomic E-state index is -1.15. The Hall–Kier alpha value is -1.44. The topological polar surface area (TPSA) is 102 Å². The number of fused-ring (bicyclic) bond motifs is 1. The van der Waals surface area contributed by atoms with E-state index in [2.05, 4.69) is 13.0 Å². The number of esters is 2. The monoisotopic (exact) mass is 440 g/mol. The van der Waals surface area contributed by atoms with Gasteiger partial charge in [0.1, 0.15) is 6.61 Å². The van der Waals surface area contributed by atoms with Crippen molar-refractivity contribution in [3.63, 3.8) is 0 Å². The molecule has 2 aliphatic carbocycles. The quantitative estimate of drug-likeness (QED) is 0.509. The first kappa shape index (κ1) is 25.8. The highest BCUT2D eigenvalue weighted by atomic mass is 16.7. The van der Waals surface area contributed by atoms with E-state index >= 15 is 0 Å². The van der Waals surface area contributed by atoms with Crippen LogP contribution in [-0.4, -0.2) is 52.9 Å². The molecule has 0 aromatic heterocycles. The van der Waals surface area contributed by atoms with Gasteiger partial charge in [0.15, 0.2) is 12.4 Å². The zero-order chi connectivity index (χ0) is 23.2. The molecule has 0 aromatic carbocycles. The van der Waals surface area contributed by atoms with Gasteiger partial charge in [-0.15, -0.1) is 0 Å². The third-order valence-electron chi connectivity index (χ3n) is 6.79. The maximum atomic E-state index is 10.7. The lowest BCUT2D eigenvalue weighted by atomic mass is 9.64. The Labute approximate surface area is 186 Å². The van der Waals surface area contributed by atoms with Crippen LogP contribution in [0.15, 0.2) is 11.6 Å². The Morgan fingerprint density at radius 2 is 1.84 bits per heavy atom. The summed E-state index contributed by atoms with van der Waals surface area (Å²) in [6.07, 6.45) is 7.75. The number of ether oxygens (including phenoxy) is 3. The van der Waals surface area contributed by atoms with Gasteiger partial charge in [-0.05, 0) is 83.5 Å². The molecule has 6 atom stereocenters. The van der Waals surface area contributed by atoms with Crippen LogP contribution in [0.3, 0.4) is 0 Å². The van der Waals surface area contributed by atoms with E-state index in [0.717, 1.165) is 11.8 Å². The molecule has 0 bridgehead atoms. The van der Waals surface area contributed by atoms with Crippen LogP contribution in [0, 0.1) is 17.8 Å². The molecule has 178 valence electrons. The first-order chi connectivity index (χ1) is 14.5. The van der Waals surface area contributed by atoms with E-state index in [-0.39, 0.29) is 18.7 Å². The highest BCUT2D eigenvalue weighted by Crippen LogP contribution is 2.45. The summed E-state index contributed by atoms with van der Waals surface area (Å²) in [4.78, 5) is 21.3. The van der Waals surface area contributed by atoms with E-state index in [1.807, 2.05) is 13.8 Å². The van der Waals surface area contributed by atoms with E-state index in [1.165, 1.54) is 46.0 Å². The molecule has 0 radical (unpaired) electrons. The van der Waals surface area contributed by atoms with E-state index in [0.29, 0.717) is 18.8 Å². The van der Waals surface area contributed by atoms with Crippen molar-refractivity contribution in [3.8, 4) is 0 Å². The summed E-state index contributed by atoms with van der Waals surface area (Å²) in [7, 11) is 0. The van der Waals surface area contributed by atoms with Crippen molar-refractivity contribution in [1.29, 1.82) is 0 Å². The van der Waals surface area contributed by atoms with Crippen molar-refractivity contribution >= 4 is 11.9 Å². The second-order valence-electron chi connectivity index (χ2n) is 9.73. The van der Waals surface area contributed by atoms with Gasteiger partial charge in [0.2, 0.25) is 0 Å². The molecule has 1 heterocycles. The van der Waals surface area contributed by atoms with E-state index < -0.39 is 24.0 Å². The highest BCUT2D eigenvalue weighted by Gasteiger charge is 2.38. The van der Waals surface area contributed by atoms with Gasteiger partial charge in [0.25, 0.3) is 0 Å². The largest absolute Gasteiger partial charge is 0.463 e. The Morgan fingerprint density at radius 3 is 2.42 bits per heavy atom. The molecule has 3 rings (SSSR count). The number of allylic oxidation sites excluding steroid dienone is 2. The van der Waals surface area contributed by atoms with Crippen LogP contribution in [0.5, 0.6) is 0 Å². The maximum Gasteiger partial charge on any atom is 0.303 e. The van der Waals surface area contributed by atoms with E-state index in [9.17, 15) is 19.8 Å². The lowest BCUT2D eigenvalue weighted by molar-refractivity contribution is -0.233. The average molecular weight is 441 g/mol. The molecule has 31 heavy (non-hydrogen) atoms. The molecule has 0 spiro atoms. The third kappa shape index (κ3) is 8.20. The van der Waals surface area contributed by atoms with Gasteiger partial charge < -0.3 is 24.4 Å². The van der Waals surface area contributed by atoms with Gasteiger partial charge in [-0.25, -0.2) is 0 Å². The molecule has 2 N–H and O–H groups in total. The minimum Gasteiger partial charge on any atom is -0.463 e. The number of rotatable bonds is 4. The van der Waals surface area contributed by atoms with Crippen LogP contribution >= 0.6 is 0 Å². The summed E-state index contributed by atoms with van der Waals surface area (Å²) in [5.41, 5.74) is 1.10. The fourth-order valence-electron chi connectivity index (χ4n) is 4.96. The first-order valence-corrected chi connectivity index (χ1v) is 11.5. The highest BCUT2D eigenvalue weighted by molar-refractivity contribution is 5.66. The van der Waals surface area contributed by atoms with Gasteiger partial charge in [0.05, 0.1) is 11.7 Å².